The molecular weight excluding hydrogens is 354 g/mol. The lowest BCUT2D eigenvalue weighted by atomic mass is 10.0. The van der Waals surface area contributed by atoms with Gasteiger partial charge in [0.15, 0.2) is 12.4 Å². The number of carbonyl (C=O) groups is 3. The number of amides is 1. The van der Waals surface area contributed by atoms with E-state index in [9.17, 15) is 14.4 Å². The Bertz CT molecular complexity index is 888. The smallest absolute Gasteiger partial charge is 0.306 e. The summed E-state index contributed by atoms with van der Waals surface area (Å²) in [5, 5.41) is 2.73. The predicted molar refractivity (Wildman–Crippen MR) is 106 cm³/mol. The van der Waals surface area contributed by atoms with Gasteiger partial charge in [-0.05, 0) is 54.5 Å². The molecule has 3 rings (SSSR count). The zero-order valence-electron chi connectivity index (χ0n) is 16.1. The molecule has 0 aromatic heterocycles. The van der Waals surface area contributed by atoms with E-state index in [0.717, 1.165) is 30.4 Å². The summed E-state index contributed by atoms with van der Waals surface area (Å²) in [6.45, 7) is 2.02. The van der Waals surface area contributed by atoms with Crippen LogP contribution >= 0.6 is 0 Å². The van der Waals surface area contributed by atoms with Crippen LogP contribution in [0.4, 0.5) is 0 Å². The summed E-state index contributed by atoms with van der Waals surface area (Å²) in [6, 6.07) is 13.5. The molecule has 2 aromatic carbocycles. The van der Waals surface area contributed by atoms with Crippen LogP contribution in [0.15, 0.2) is 42.5 Å². The summed E-state index contributed by atoms with van der Waals surface area (Å²) in [4.78, 5) is 36.0. The van der Waals surface area contributed by atoms with Crippen LogP contribution in [0.2, 0.25) is 0 Å². The maximum Gasteiger partial charge on any atom is 0.306 e. The molecule has 0 atom stereocenters. The number of ketones is 1. The number of rotatable bonds is 8. The van der Waals surface area contributed by atoms with Crippen molar-refractivity contribution in [3.63, 3.8) is 0 Å². The van der Waals surface area contributed by atoms with E-state index in [4.69, 9.17) is 4.74 Å². The number of esters is 1. The zero-order valence-corrected chi connectivity index (χ0v) is 16.1. The van der Waals surface area contributed by atoms with Crippen molar-refractivity contribution in [2.24, 2.45) is 0 Å². The number of benzene rings is 2. The van der Waals surface area contributed by atoms with Gasteiger partial charge in [0.2, 0.25) is 0 Å². The van der Waals surface area contributed by atoms with E-state index in [-0.39, 0.29) is 31.1 Å². The van der Waals surface area contributed by atoms with Crippen molar-refractivity contribution in [3.05, 3.63) is 70.3 Å². The fourth-order valence-electron chi connectivity index (χ4n) is 3.38. The Morgan fingerprint density at radius 3 is 2.61 bits per heavy atom. The molecule has 1 aliphatic carbocycles. The summed E-state index contributed by atoms with van der Waals surface area (Å²) in [6.07, 6.45) is 3.27. The van der Waals surface area contributed by atoms with Gasteiger partial charge in [-0.15, -0.1) is 0 Å². The third-order valence-corrected chi connectivity index (χ3v) is 5.08. The predicted octanol–water partition coefficient (Wildman–Crippen LogP) is 3.31. The molecule has 0 heterocycles. The highest BCUT2D eigenvalue weighted by Gasteiger charge is 2.15. The van der Waals surface area contributed by atoms with Crippen LogP contribution in [0.1, 0.15) is 51.9 Å². The van der Waals surface area contributed by atoms with Gasteiger partial charge in [0.05, 0.1) is 6.42 Å². The Morgan fingerprint density at radius 1 is 1.00 bits per heavy atom. The van der Waals surface area contributed by atoms with Crippen LogP contribution in [0.3, 0.4) is 0 Å². The summed E-state index contributed by atoms with van der Waals surface area (Å²) in [5.41, 5.74) is 5.29. The molecule has 1 N–H and O–H groups in total. The fourth-order valence-corrected chi connectivity index (χ4v) is 3.38. The largest absolute Gasteiger partial charge is 0.456 e. The Hall–Kier alpha value is -2.95. The van der Waals surface area contributed by atoms with Crippen LogP contribution in [0, 0.1) is 6.92 Å². The average molecular weight is 379 g/mol. The second kappa shape index (κ2) is 9.31. The SMILES string of the molecule is Cc1ccccc1CNC(=O)COC(=O)CCC(=O)c1ccc2c(c1)CCC2. The highest BCUT2D eigenvalue weighted by molar-refractivity contribution is 5.98. The van der Waals surface area contributed by atoms with Crippen LogP contribution in [-0.2, 0) is 33.7 Å². The minimum absolute atomic E-state index is 0.0268. The van der Waals surface area contributed by atoms with Crippen molar-refractivity contribution in [1.82, 2.24) is 5.32 Å². The van der Waals surface area contributed by atoms with Gasteiger partial charge in [-0.25, -0.2) is 0 Å². The third-order valence-electron chi connectivity index (χ3n) is 5.08. The molecule has 0 saturated heterocycles. The van der Waals surface area contributed by atoms with E-state index < -0.39 is 5.97 Å². The Balaban J connectivity index is 1.37. The van der Waals surface area contributed by atoms with Crippen molar-refractivity contribution in [2.45, 2.75) is 45.6 Å². The highest BCUT2D eigenvalue weighted by atomic mass is 16.5. The first kappa shape index (κ1) is 19.8. The summed E-state index contributed by atoms with van der Waals surface area (Å²) in [7, 11) is 0. The molecular formula is C23H25NO4. The van der Waals surface area contributed by atoms with E-state index in [1.54, 1.807) is 0 Å². The molecule has 28 heavy (non-hydrogen) atoms. The Kier molecular flexibility index (Phi) is 6.58. The number of aryl methyl sites for hydroxylation is 3. The van der Waals surface area contributed by atoms with Crippen LogP contribution in [0.5, 0.6) is 0 Å². The van der Waals surface area contributed by atoms with E-state index in [2.05, 4.69) is 5.32 Å². The minimum Gasteiger partial charge on any atom is -0.456 e. The number of hydrogen-bond acceptors (Lipinski definition) is 4. The van der Waals surface area contributed by atoms with Crippen molar-refractivity contribution in [3.8, 4) is 0 Å². The number of nitrogens with one attached hydrogen (secondary N) is 1. The third kappa shape index (κ3) is 5.28. The summed E-state index contributed by atoms with van der Waals surface area (Å²) in [5.74, 6) is -0.974. The monoisotopic (exact) mass is 379 g/mol. The van der Waals surface area contributed by atoms with Gasteiger partial charge in [-0.2, -0.15) is 0 Å². The maximum absolute atomic E-state index is 12.3. The average Bonchev–Trinajstić information content (AvgIpc) is 3.17. The second-order valence-corrected chi connectivity index (χ2v) is 7.12. The lowest BCUT2D eigenvalue weighted by molar-refractivity contribution is -0.148. The first-order chi connectivity index (χ1) is 13.5. The van der Waals surface area contributed by atoms with Gasteiger partial charge in [-0.3, -0.25) is 14.4 Å². The van der Waals surface area contributed by atoms with Gasteiger partial charge in [0.1, 0.15) is 0 Å². The molecule has 0 aliphatic heterocycles. The van der Waals surface area contributed by atoms with Crippen LogP contribution in [0.25, 0.3) is 0 Å². The molecule has 0 radical (unpaired) electrons. The molecule has 1 amide bonds. The normalized spacial score (nSPS) is 12.3. The zero-order chi connectivity index (χ0) is 19.9. The topological polar surface area (TPSA) is 72.5 Å². The fraction of sp³-hybridized carbons (Fsp3) is 0.348. The molecule has 0 bridgehead atoms. The summed E-state index contributed by atoms with van der Waals surface area (Å²) < 4.78 is 4.98. The molecule has 1 aliphatic rings. The van der Waals surface area contributed by atoms with E-state index in [1.807, 2.05) is 49.4 Å². The number of fused-ring (bicyclic) bond motifs is 1. The number of hydrogen-bond donors (Lipinski definition) is 1. The van der Waals surface area contributed by atoms with Gasteiger partial charge >= 0.3 is 5.97 Å². The van der Waals surface area contributed by atoms with Gasteiger partial charge < -0.3 is 10.1 Å². The van der Waals surface area contributed by atoms with Crippen molar-refractivity contribution in [2.75, 3.05) is 6.61 Å². The molecule has 5 nitrogen and oxygen atoms in total. The minimum atomic E-state index is -0.541. The first-order valence-electron chi connectivity index (χ1n) is 9.65. The standard InChI is InChI=1S/C23H25NO4/c1-16-5-2-3-6-20(16)14-24-22(26)15-28-23(27)12-11-21(25)19-10-9-17-7-4-8-18(17)13-19/h2-3,5-6,9-10,13H,4,7-8,11-12,14-15H2,1H3,(H,24,26). The number of ether oxygens (including phenoxy) is 1. The van der Waals surface area contributed by atoms with E-state index in [1.165, 1.54) is 11.1 Å². The maximum atomic E-state index is 12.3. The second-order valence-electron chi connectivity index (χ2n) is 7.12. The lowest BCUT2D eigenvalue weighted by Crippen LogP contribution is -2.28. The number of carbonyl (C=O) groups excluding carboxylic acids is 3. The molecule has 0 spiro atoms. The van der Waals surface area contributed by atoms with Crippen molar-refractivity contribution < 1.29 is 19.1 Å². The van der Waals surface area contributed by atoms with Crippen LogP contribution < -0.4 is 5.32 Å². The molecule has 0 saturated carbocycles. The quantitative estimate of drug-likeness (QED) is 0.564. The first-order valence-corrected chi connectivity index (χ1v) is 9.65. The summed E-state index contributed by atoms with van der Waals surface area (Å²) >= 11 is 0. The molecule has 2 aromatic rings. The van der Waals surface area contributed by atoms with Gasteiger partial charge in [-0.1, -0.05) is 36.4 Å². The van der Waals surface area contributed by atoms with Crippen molar-refractivity contribution in [1.29, 1.82) is 0 Å². The Labute approximate surface area is 165 Å². The van der Waals surface area contributed by atoms with Crippen molar-refractivity contribution >= 4 is 17.7 Å². The van der Waals surface area contributed by atoms with Gasteiger partial charge in [0.25, 0.3) is 5.91 Å². The number of Topliss-reactive ketones (excluding diaryl/α,β-unsaturated/α-hetero) is 1. The van der Waals surface area contributed by atoms with Gasteiger partial charge in [0, 0.05) is 18.5 Å². The molecule has 146 valence electrons. The molecule has 0 unspecified atom stereocenters. The highest BCUT2D eigenvalue weighted by Crippen LogP contribution is 2.23. The Morgan fingerprint density at radius 2 is 1.79 bits per heavy atom. The molecule has 0 fully saturated rings. The van der Waals surface area contributed by atoms with E-state index >= 15 is 0 Å². The lowest BCUT2D eigenvalue weighted by Gasteiger charge is -2.08. The van der Waals surface area contributed by atoms with Crippen LogP contribution in [-0.4, -0.2) is 24.3 Å². The van der Waals surface area contributed by atoms with E-state index in [0.29, 0.717) is 12.1 Å². The molecule has 5 heteroatoms.